The minimum absolute atomic E-state index is 0.263. The van der Waals surface area contributed by atoms with Crippen molar-refractivity contribution in [3.05, 3.63) is 43.6 Å². The molecule has 1 aromatic heterocycles. The molecule has 3 N–H and O–H groups in total. The number of amides is 1. The van der Waals surface area contributed by atoms with Crippen LogP contribution >= 0.6 is 33.9 Å². The molecule has 8 heteroatoms. The third-order valence-corrected chi connectivity index (χ3v) is 5.33. The third kappa shape index (κ3) is 4.24. The highest BCUT2D eigenvalue weighted by molar-refractivity contribution is 14.1. The van der Waals surface area contributed by atoms with Gasteiger partial charge in [0.25, 0.3) is 5.91 Å². The molecule has 0 spiro atoms. The summed E-state index contributed by atoms with van der Waals surface area (Å²) in [5.41, 5.74) is 3.58. The fraction of sp³-hybridized carbons (Fsp3) is 0.312. The van der Waals surface area contributed by atoms with Crippen LogP contribution in [0.5, 0.6) is 0 Å². The number of aliphatic hydroxyl groups excluding tert-OH is 1. The molecule has 24 heavy (non-hydrogen) atoms. The van der Waals surface area contributed by atoms with E-state index in [9.17, 15) is 14.3 Å². The molecule has 1 amide bonds. The van der Waals surface area contributed by atoms with Crippen molar-refractivity contribution in [3.63, 3.8) is 0 Å². The van der Waals surface area contributed by atoms with E-state index in [1.165, 1.54) is 17.4 Å². The van der Waals surface area contributed by atoms with E-state index in [-0.39, 0.29) is 5.69 Å². The quantitative estimate of drug-likeness (QED) is 0.441. The van der Waals surface area contributed by atoms with Gasteiger partial charge in [-0.1, -0.05) is 0 Å². The Hall–Kier alpha value is -1.23. The minimum Gasteiger partial charge on any atom is -0.388 e. The number of anilines is 2. The van der Waals surface area contributed by atoms with Crippen LogP contribution in [-0.2, 0) is 4.84 Å². The molecule has 1 unspecified atom stereocenters. The van der Waals surface area contributed by atoms with E-state index in [1.54, 1.807) is 32.9 Å². The molecule has 0 saturated carbocycles. The van der Waals surface area contributed by atoms with Crippen molar-refractivity contribution in [1.29, 1.82) is 0 Å². The molecule has 2 aromatic rings. The van der Waals surface area contributed by atoms with Crippen molar-refractivity contribution in [3.8, 4) is 0 Å². The summed E-state index contributed by atoms with van der Waals surface area (Å²) in [7, 11) is 0. The molecule has 0 bridgehead atoms. The summed E-state index contributed by atoms with van der Waals surface area (Å²) in [4.78, 5) is 18.0. The Bertz CT molecular complexity index is 749. The smallest absolute Gasteiger partial charge is 0.278 e. The average molecular weight is 464 g/mol. The number of halogens is 2. The fourth-order valence-corrected chi connectivity index (χ4v) is 3.80. The van der Waals surface area contributed by atoms with Crippen molar-refractivity contribution >= 4 is 50.5 Å². The lowest BCUT2D eigenvalue weighted by Gasteiger charge is -2.10. The van der Waals surface area contributed by atoms with Gasteiger partial charge in [-0.05, 0) is 67.1 Å². The highest BCUT2D eigenvalue weighted by Crippen LogP contribution is 2.38. The van der Waals surface area contributed by atoms with Gasteiger partial charge in [-0.15, -0.1) is 11.3 Å². The van der Waals surface area contributed by atoms with Crippen molar-refractivity contribution < 1.29 is 19.1 Å². The van der Waals surface area contributed by atoms with Crippen LogP contribution in [0.25, 0.3) is 0 Å². The predicted octanol–water partition coefficient (Wildman–Crippen LogP) is 4.28. The molecule has 5 nitrogen and oxygen atoms in total. The summed E-state index contributed by atoms with van der Waals surface area (Å²) in [6, 6.07) is 4.78. The summed E-state index contributed by atoms with van der Waals surface area (Å²) in [6.07, 6.45) is -0.731. The first-order valence-electron chi connectivity index (χ1n) is 7.30. The summed E-state index contributed by atoms with van der Waals surface area (Å²) in [5, 5.41) is 13.3. The molecular weight excluding hydrogens is 446 g/mol. The summed E-state index contributed by atoms with van der Waals surface area (Å²) in [6.45, 7) is 5.45. The van der Waals surface area contributed by atoms with Crippen LogP contribution in [-0.4, -0.2) is 17.6 Å². The zero-order valence-corrected chi connectivity index (χ0v) is 16.4. The standard InChI is InChI=1S/C16H18FIN2O3S/c1-4-23-20-15(22)13-8(2)14(9(3)21)24-16(13)19-12-6-5-10(18)7-11(12)17/h5-7,9,19,21H,4H2,1-3H3,(H,20,22). The van der Waals surface area contributed by atoms with Crippen LogP contribution in [0, 0.1) is 16.3 Å². The van der Waals surface area contributed by atoms with E-state index in [2.05, 4.69) is 10.8 Å². The number of carbonyl (C=O) groups excluding carboxylic acids is 1. The monoisotopic (exact) mass is 464 g/mol. The zero-order valence-electron chi connectivity index (χ0n) is 13.4. The second-order valence-corrected chi connectivity index (χ2v) is 7.38. The van der Waals surface area contributed by atoms with Crippen LogP contribution < -0.4 is 10.8 Å². The van der Waals surface area contributed by atoms with E-state index in [0.717, 1.165) is 3.57 Å². The number of carbonyl (C=O) groups is 1. The molecule has 130 valence electrons. The molecule has 0 fully saturated rings. The van der Waals surface area contributed by atoms with Gasteiger partial charge in [-0.2, -0.15) is 0 Å². The molecule has 0 aliphatic rings. The van der Waals surface area contributed by atoms with Gasteiger partial charge in [0.15, 0.2) is 0 Å². The van der Waals surface area contributed by atoms with Gasteiger partial charge in [-0.25, -0.2) is 9.87 Å². The summed E-state index contributed by atoms with van der Waals surface area (Å²) < 4.78 is 14.9. The molecule has 1 atom stereocenters. The van der Waals surface area contributed by atoms with Gasteiger partial charge >= 0.3 is 0 Å². The van der Waals surface area contributed by atoms with Gasteiger partial charge in [0.1, 0.15) is 10.8 Å². The average Bonchev–Trinajstić information content (AvgIpc) is 2.84. The van der Waals surface area contributed by atoms with Gasteiger partial charge in [-0.3, -0.25) is 9.63 Å². The van der Waals surface area contributed by atoms with Crippen LogP contribution in [0.4, 0.5) is 15.1 Å². The Balaban J connectivity index is 2.43. The Morgan fingerprint density at radius 2 is 2.21 bits per heavy atom. The van der Waals surface area contributed by atoms with Crippen LogP contribution in [0.15, 0.2) is 18.2 Å². The molecular formula is C16H18FIN2O3S. The van der Waals surface area contributed by atoms with Crippen molar-refractivity contribution in [2.24, 2.45) is 0 Å². The topological polar surface area (TPSA) is 70.6 Å². The lowest BCUT2D eigenvalue weighted by molar-refractivity contribution is 0.0365. The Morgan fingerprint density at radius 3 is 2.79 bits per heavy atom. The van der Waals surface area contributed by atoms with Gasteiger partial charge in [0, 0.05) is 8.45 Å². The third-order valence-electron chi connectivity index (χ3n) is 3.28. The van der Waals surface area contributed by atoms with Crippen molar-refractivity contribution in [2.45, 2.75) is 26.9 Å². The summed E-state index contributed by atoms with van der Waals surface area (Å²) >= 11 is 3.24. The van der Waals surface area contributed by atoms with Crippen LogP contribution in [0.1, 0.15) is 40.8 Å². The Morgan fingerprint density at radius 1 is 1.50 bits per heavy atom. The predicted molar refractivity (Wildman–Crippen MR) is 101 cm³/mol. The molecule has 0 aliphatic heterocycles. The Kier molecular flexibility index (Phi) is 6.55. The number of thiophene rings is 1. The number of hydroxylamine groups is 1. The first kappa shape index (κ1) is 19.1. The largest absolute Gasteiger partial charge is 0.388 e. The highest BCUT2D eigenvalue weighted by atomic mass is 127. The van der Waals surface area contributed by atoms with Crippen LogP contribution in [0.3, 0.4) is 0 Å². The minimum atomic E-state index is -0.731. The van der Waals surface area contributed by atoms with E-state index in [1.807, 2.05) is 22.6 Å². The zero-order chi connectivity index (χ0) is 17.9. The van der Waals surface area contributed by atoms with Crippen molar-refractivity contribution in [1.82, 2.24) is 5.48 Å². The highest BCUT2D eigenvalue weighted by Gasteiger charge is 2.24. The number of nitrogens with one attached hydrogen (secondary N) is 2. The number of rotatable bonds is 6. The molecule has 0 aliphatic carbocycles. The molecule has 0 saturated heterocycles. The number of hydrogen-bond donors (Lipinski definition) is 3. The SMILES string of the molecule is CCONC(=O)c1c(Nc2ccc(I)cc2F)sc(C(C)O)c1C. The number of benzene rings is 1. The van der Waals surface area contributed by atoms with Gasteiger partial charge < -0.3 is 10.4 Å². The normalized spacial score (nSPS) is 12.1. The van der Waals surface area contributed by atoms with Crippen LogP contribution in [0.2, 0.25) is 0 Å². The second-order valence-electron chi connectivity index (χ2n) is 5.08. The maximum atomic E-state index is 14.1. The first-order chi connectivity index (χ1) is 11.3. The maximum absolute atomic E-state index is 14.1. The molecule has 1 aromatic carbocycles. The summed E-state index contributed by atoms with van der Waals surface area (Å²) in [5.74, 6) is -0.853. The molecule has 0 radical (unpaired) electrons. The van der Waals surface area contributed by atoms with Crippen molar-refractivity contribution in [2.75, 3.05) is 11.9 Å². The van der Waals surface area contributed by atoms with Gasteiger partial charge in [0.05, 0.1) is 24.0 Å². The lowest BCUT2D eigenvalue weighted by Crippen LogP contribution is -2.24. The fourth-order valence-electron chi connectivity index (χ4n) is 2.19. The number of aliphatic hydroxyl groups is 1. The lowest BCUT2D eigenvalue weighted by atomic mass is 10.1. The van der Waals surface area contributed by atoms with E-state index >= 15 is 0 Å². The van der Waals surface area contributed by atoms with E-state index in [0.29, 0.717) is 27.6 Å². The number of hydrogen-bond acceptors (Lipinski definition) is 5. The van der Waals surface area contributed by atoms with E-state index < -0.39 is 17.8 Å². The Labute approximate surface area is 157 Å². The molecule has 2 rings (SSSR count). The van der Waals surface area contributed by atoms with E-state index in [4.69, 9.17) is 4.84 Å². The second kappa shape index (κ2) is 8.24. The van der Waals surface area contributed by atoms with Gasteiger partial charge in [0.2, 0.25) is 0 Å². The first-order valence-corrected chi connectivity index (χ1v) is 9.20. The maximum Gasteiger partial charge on any atom is 0.278 e. The molecule has 1 heterocycles.